The highest BCUT2D eigenvalue weighted by molar-refractivity contribution is 5.76. The van der Waals surface area contributed by atoms with Crippen LogP contribution in [-0.4, -0.2) is 37.0 Å². The molecule has 0 atom stereocenters. The van der Waals surface area contributed by atoms with Gasteiger partial charge in [-0.1, -0.05) is 17.3 Å². The van der Waals surface area contributed by atoms with Gasteiger partial charge in [0.15, 0.2) is 0 Å². The number of carbonyl (C=O) groups is 1. The summed E-state index contributed by atoms with van der Waals surface area (Å²) in [4.78, 5) is 27.8. The number of nitrogens with zero attached hydrogens (tertiary/aromatic N) is 5. The summed E-state index contributed by atoms with van der Waals surface area (Å²) in [7, 11) is 0. The fourth-order valence-electron chi connectivity index (χ4n) is 2.73. The topological polar surface area (TPSA) is 94.7 Å². The lowest BCUT2D eigenvalue weighted by Gasteiger charge is -2.10. The van der Waals surface area contributed by atoms with E-state index >= 15 is 0 Å². The van der Waals surface area contributed by atoms with Crippen LogP contribution in [0.15, 0.2) is 35.1 Å². The van der Waals surface area contributed by atoms with Gasteiger partial charge in [-0.3, -0.25) is 9.36 Å². The molecule has 1 aromatic carbocycles. The molecule has 2 aromatic heterocycles. The zero-order chi connectivity index (χ0) is 17.8. The van der Waals surface area contributed by atoms with E-state index in [2.05, 4.69) is 20.6 Å². The Labute approximate surface area is 144 Å². The van der Waals surface area contributed by atoms with Crippen molar-refractivity contribution in [3.8, 4) is 0 Å². The van der Waals surface area contributed by atoms with E-state index in [0.29, 0.717) is 25.3 Å². The first-order valence-electron chi connectivity index (χ1n) is 8.14. The van der Waals surface area contributed by atoms with E-state index in [1.165, 1.54) is 4.57 Å². The number of benzene rings is 1. The van der Waals surface area contributed by atoms with Crippen LogP contribution < -0.4 is 11.0 Å². The van der Waals surface area contributed by atoms with Gasteiger partial charge >= 0.3 is 5.69 Å². The fourth-order valence-corrected chi connectivity index (χ4v) is 2.73. The van der Waals surface area contributed by atoms with Crippen molar-refractivity contribution in [1.82, 2.24) is 29.9 Å². The van der Waals surface area contributed by atoms with Crippen molar-refractivity contribution in [3.05, 3.63) is 52.2 Å². The van der Waals surface area contributed by atoms with Crippen LogP contribution in [0.5, 0.6) is 0 Å². The van der Waals surface area contributed by atoms with E-state index in [1.807, 2.05) is 37.3 Å². The van der Waals surface area contributed by atoms with Gasteiger partial charge < -0.3 is 5.32 Å². The van der Waals surface area contributed by atoms with E-state index < -0.39 is 0 Å². The van der Waals surface area contributed by atoms with E-state index in [-0.39, 0.29) is 18.0 Å². The second-order valence-corrected chi connectivity index (χ2v) is 5.87. The highest BCUT2D eigenvalue weighted by atomic mass is 16.2. The Morgan fingerprint density at radius 1 is 1.20 bits per heavy atom. The number of hydrogen-bond donors (Lipinski definition) is 1. The lowest BCUT2D eigenvalue weighted by atomic mass is 10.3. The van der Waals surface area contributed by atoms with Crippen LogP contribution in [0.25, 0.3) is 11.0 Å². The van der Waals surface area contributed by atoms with Gasteiger partial charge in [0.25, 0.3) is 0 Å². The third-order valence-electron chi connectivity index (χ3n) is 3.97. The van der Waals surface area contributed by atoms with Gasteiger partial charge in [-0.05, 0) is 32.0 Å². The van der Waals surface area contributed by atoms with E-state index in [9.17, 15) is 9.59 Å². The summed E-state index contributed by atoms with van der Waals surface area (Å²) in [5, 5.41) is 11.0. The molecule has 8 heteroatoms. The molecule has 3 aromatic rings. The summed E-state index contributed by atoms with van der Waals surface area (Å²) >= 11 is 0. The molecule has 0 saturated carbocycles. The van der Waals surface area contributed by atoms with Crippen molar-refractivity contribution in [2.45, 2.75) is 33.4 Å². The monoisotopic (exact) mass is 340 g/mol. The minimum absolute atomic E-state index is 0.115. The smallest absolute Gasteiger partial charge is 0.347 e. The molecule has 0 radical (unpaired) electrons. The van der Waals surface area contributed by atoms with Gasteiger partial charge in [-0.15, -0.1) is 5.10 Å². The molecule has 0 aliphatic carbocycles. The lowest BCUT2D eigenvalue weighted by molar-refractivity contribution is -0.121. The molecule has 0 aliphatic heterocycles. The summed E-state index contributed by atoms with van der Waals surface area (Å²) in [6.07, 6.45) is 0.226. The number of para-hydroxylation sites is 1. The molecule has 25 heavy (non-hydrogen) atoms. The minimum atomic E-state index is -0.320. The summed E-state index contributed by atoms with van der Waals surface area (Å²) in [5.41, 5.74) is 2.93. The molecule has 3 rings (SSSR count). The zero-order valence-electron chi connectivity index (χ0n) is 14.3. The summed E-state index contributed by atoms with van der Waals surface area (Å²) in [5.74, 6) is -0.115. The number of aryl methyl sites for hydroxylation is 2. The predicted molar refractivity (Wildman–Crippen MR) is 93.1 cm³/mol. The number of rotatable bonds is 6. The molecule has 0 spiro atoms. The zero-order valence-corrected chi connectivity index (χ0v) is 14.3. The Kier molecular flexibility index (Phi) is 4.87. The van der Waals surface area contributed by atoms with E-state index in [4.69, 9.17) is 0 Å². The highest BCUT2D eigenvalue weighted by Gasteiger charge is 2.07. The Hall–Kier alpha value is -3.03. The van der Waals surface area contributed by atoms with Crippen LogP contribution in [0.2, 0.25) is 0 Å². The second kappa shape index (κ2) is 7.25. The van der Waals surface area contributed by atoms with Crippen LogP contribution in [0.1, 0.15) is 17.8 Å². The third kappa shape index (κ3) is 3.90. The highest BCUT2D eigenvalue weighted by Crippen LogP contribution is 2.08. The van der Waals surface area contributed by atoms with Crippen LogP contribution in [0, 0.1) is 13.8 Å². The van der Waals surface area contributed by atoms with Gasteiger partial charge in [0, 0.05) is 30.9 Å². The molecule has 0 bridgehead atoms. The standard InChI is InChI=1S/C17H20N6O2/c1-12-11-13(2)22(17(25)19-12)9-7-16(24)18-8-10-23-15-6-4-3-5-14(15)20-21-23/h3-6,11H,7-10H2,1-2H3,(H,18,24). The first-order chi connectivity index (χ1) is 12.0. The fraction of sp³-hybridized carbons (Fsp3) is 0.353. The molecule has 8 nitrogen and oxygen atoms in total. The average Bonchev–Trinajstić information content (AvgIpc) is 2.97. The Morgan fingerprint density at radius 2 is 2.00 bits per heavy atom. The van der Waals surface area contributed by atoms with Crippen LogP contribution in [0.4, 0.5) is 0 Å². The maximum Gasteiger partial charge on any atom is 0.347 e. The molecule has 0 fully saturated rings. The molecule has 0 aliphatic rings. The van der Waals surface area contributed by atoms with E-state index in [0.717, 1.165) is 16.7 Å². The molecule has 2 heterocycles. The van der Waals surface area contributed by atoms with Crippen molar-refractivity contribution in [2.75, 3.05) is 6.54 Å². The number of nitrogens with one attached hydrogen (secondary N) is 1. The predicted octanol–water partition coefficient (Wildman–Crippen LogP) is 0.811. The maximum absolute atomic E-state index is 12.0. The van der Waals surface area contributed by atoms with Gasteiger partial charge in [-0.25, -0.2) is 9.48 Å². The average molecular weight is 340 g/mol. The van der Waals surface area contributed by atoms with Crippen LogP contribution in [-0.2, 0) is 17.9 Å². The Morgan fingerprint density at radius 3 is 2.80 bits per heavy atom. The molecular formula is C17H20N6O2. The van der Waals surface area contributed by atoms with Crippen molar-refractivity contribution in [2.24, 2.45) is 0 Å². The number of hydrogen-bond acceptors (Lipinski definition) is 5. The Balaban J connectivity index is 1.51. The van der Waals surface area contributed by atoms with Gasteiger partial charge in [0.2, 0.25) is 5.91 Å². The molecule has 0 saturated heterocycles. The Bertz CT molecular complexity index is 959. The molecule has 1 amide bonds. The van der Waals surface area contributed by atoms with Crippen LogP contribution in [0.3, 0.4) is 0 Å². The minimum Gasteiger partial charge on any atom is -0.354 e. The van der Waals surface area contributed by atoms with Crippen LogP contribution >= 0.6 is 0 Å². The largest absolute Gasteiger partial charge is 0.354 e. The first kappa shape index (κ1) is 16.8. The normalized spacial score (nSPS) is 11.0. The third-order valence-corrected chi connectivity index (χ3v) is 3.97. The summed E-state index contributed by atoms with van der Waals surface area (Å²) in [6, 6.07) is 9.50. The first-order valence-corrected chi connectivity index (χ1v) is 8.14. The SMILES string of the molecule is Cc1cc(C)n(CCC(=O)NCCn2nnc3ccccc32)c(=O)n1. The lowest BCUT2D eigenvalue weighted by Crippen LogP contribution is -2.31. The van der Waals surface area contributed by atoms with E-state index in [1.54, 1.807) is 11.6 Å². The summed E-state index contributed by atoms with van der Waals surface area (Å²) < 4.78 is 3.27. The molecule has 1 N–H and O–H groups in total. The van der Waals surface area contributed by atoms with Gasteiger partial charge in [0.05, 0.1) is 12.1 Å². The number of aromatic nitrogens is 5. The molecule has 0 unspecified atom stereocenters. The molecular weight excluding hydrogens is 320 g/mol. The van der Waals surface area contributed by atoms with Gasteiger partial charge in [0.1, 0.15) is 5.52 Å². The van der Waals surface area contributed by atoms with Crippen molar-refractivity contribution >= 4 is 16.9 Å². The maximum atomic E-state index is 12.0. The van der Waals surface area contributed by atoms with Gasteiger partial charge in [-0.2, -0.15) is 4.98 Å². The number of carbonyl (C=O) groups excluding carboxylic acids is 1. The number of fused-ring (bicyclic) bond motifs is 1. The number of amides is 1. The quantitative estimate of drug-likeness (QED) is 0.716. The van der Waals surface area contributed by atoms with Crippen molar-refractivity contribution in [1.29, 1.82) is 0 Å². The summed E-state index contributed by atoms with van der Waals surface area (Å²) in [6.45, 7) is 4.92. The van der Waals surface area contributed by atoms with Crippen molar-refractivity contribution in [3.63, 3.8) is 0 Å². The van der Waals surface area contributed by atoms with Crippen molar-refractivity contribution < 1.29 is 4.79 Å². The molecule has 130 valence electrons. The second-order valence-electron chi connectivity index (χ2n) is 5.87.